The summed E-state index contributed by atoms with van der Waals surface area (Å²) < 4.78 is 0. The van der Waals surface area contributed by atoms with E-state index in [1.807, 2.05) is 39.0 Å². The highest BCUT2D eigenvalue weighted by Crippen LogP contribution is 2.27. The molecule has 0 aliphatic heterocycles. The van der Waals surface area contributed by atoms with E-state index in [0.29, 0.717) is 9.90 Å². The lowest BCUT2D eigenvalue weighted by atomic mass is 10.1. The molecule has 128 valence electrons. The van der Waals surface area contributed by atoms with Gasteiger partial charge in [-0.1, -0.05) is 24.6 Å². The monoisotopic (exact) mass is 381 g/mol. The number of thiocarbonyl (C=S) groups is 1. The number of aryl methyl sites for hydroxylation is 4. The smallest absolute Gasteiger partial charge is 0.279 e. The van der Waals surface area contributed by atoms with Crippen molar-refractivity contribution in [1.82, 2.24) is 10.9 Å². The first-order valence-corrected chi connectivity index (χ1v) is 9.15. The second-order valence-electron chi connectivity index (χ2n) is 5.54. The molecule has 1 heterocycles. The lowest BCUT2D eigenvalue weighted by Gasteiger charge is -2.14. The molecule has 0 bridgehead atoms. The third-order valence-electron chi connectivity index (χ3n) is 3.53. The fourth-order valence-corrected chi connectivity index (χ4v) is 3.91. The first-order chi connectivity index (χ1) is 11.3. The van der Waals surface area contributed by atoms with Gasteiger partial charge in [0.15, 0.2) is 5.11 Å². The van der Waals surface area contributed by atoms with Crippen LogP contribution in [0.15, 0.2) is 18.2 Å². The van der Waals surface area contributed by atoms with E-state index in [1.165, 1.54) is 16.2 Å². The summed E-state index contributed by atoms with van der Waals surface area (Å²) in [5.74, 6) is -0.210. The third-order valence-corrected chi connectivity index (χ3v) is 5.41. The third kappa shape index (κ3) is 4.47. The molecule has 1 amide bonds. The molecule has 0 saturated carbocycles. The van der Waals surface area contributed by atoms with Crippen molar-refractivity contribution in [2.45, 2.75) is 34.1 Å². The van der Waals surface area contributed by atoms with Gasteiger partial charge in [-0.2, -0.15) is 0 Å². The Morgan fingerprint density at radius 1 is 1.17 bits per heavy atom. The Hall–Kier alpha value is -1.63. The Kier molecular flexibility index (Phi) is 6.21. The SMILES string of the molecule is CCc1sc(C(=O)NNC(=S)Nc2c(C)cc(C)cc2Cl)cc1C. The lowest BCUT2D eigenvalue weighted by Crippen LogP contribution is -2.43. The van der Waals surface area contributed by atoms with Crippen LogP contribution in [0.5, 0.6) is 0 Å². The van der Waals surface area contributed by atoms with Crippen LogP contribution in [0.2, 0.25) is 5.02 Å². The average Bonchev–Trinajstić information content (AvgIpc) is 2.89. The molecular weight excluding hydrogens is 362 g/mol. The molecule has 0 aliphatic carbocycles. The molecule has 2 rings (SSSR count). The minimum atomic E-state index is -0.210. The summed E-state index contributed by atoms with van der Waals surface area (Å²) in [6, 6.07) is 5.76. The predicted molar refractivity (Wildman–Crippen MR) is 106 cm³/mol. The molecule has 1 aromatic heterocycles. The predicted octanol–water partition coefficient (Wildman–Crippen LogP) is 4.52. The highest BCUT2D eigenvalue weighted by Gasteiger charge is 2.12. The molecule has 0 aliphatic rings. The standard InChI is InChI=1S/C17H20ClN3OS2/c1-5-13-10(3)8-14(24-13)16(22)20-21-17(23)19-15-11(4)6-9(2)7-12(15)18/h6-8H,5H2,1-4H3,(H,20,22)(H2,19,21,23). The first-order valence-electron chi connectivity index (χ1n) is 7.55. The Labute approximate surface area is 156 Å². The molecule has 24 heavy (non-hydrogen) atoms. The van der Waals surface area contributed by atoms with Gasteiger partial charge in [0.1, 0.15) is 0 Å². The summed E-state index contributed by atoms with van der Waals surface area (Å²) in [5, 5.41) is 3.88. The number of carbonyl (C=O) groups excluding carboxylic acids is 1. The maximum Gasteiger partial charge on any atom is 0.279 e. The van der Waals surface area contributed by atoms with Crippen molar-refractivity contribution in [3.05, 3.63) is 49.7 Å². The molecule has 2 aromatic rings. The van der Waals surface area contributed by atoms with Gasteiger partial charge >= 0.3 is 0 Å². The Bertz CT molecular complexity index is 763. The zero-order valence-electron chi connectivity index (χ0n) is 14.0. The number of hydrogen-bond donors (Lipinski definition) is 3. The second-order valence-corrected chi connectivity index (χ2v) is 7.49. The van der Waals surface area contributed by atoms with Gasteiger partial charge < -0.3 is 5.32 Å². The summed E-state index contributed by atoms with van der Waals surface area (Å²) in [7, 11) is 0. The van der Waals surface area contributed by atoms with Crippen molar-refractivity contribution in [2.75, 3.05) is 5.32 Å². The van der Waals surface area contributed by atoms with E-state index in [4.69, 9.17) is 23.8 Å². The molecule has 0 radical (unpaired) electrons. The Morgan fingerprint density at radius 2 is 1.88 bits per heavy atom. The molecule has 7 heteroatoms. The van der Waals surface area contributed by atoms with E-state index in [9.17, 15) is 4.79 Å². The van der Waals surface area contributed by atoms with Gasteiger partial charge in [0, 0.05) is 4.88 Å². The summed E-state index contributed by atoms with van der Waals surface area (Å²) in [4.78, 5) is 14.1. The average molecular weight is 382 g/mol. The van der Waals surface area contributed by atoms with Crippen LogP contribution in [0.4, 0.5) is 5.69 Å². The number of halogens is 1. The number of hydrogen-bond acceptors (Lipinski definition) is 3. The van der Waals surface area contributed by atoms with Crippen molar-refractivity contribution < 1.29 is 4.79 Å². The maximum atomic E-state index is 12.2. The molecule has 1 aromatic carbocycles. The molecule has 0 unspecified atom stereocenters. The first kappa shape index (κ1) is 18.7. The van der Waals surface area contributed by atoms with E-state index in [0.717, 1.165) is 28.8 Å². The fraction of sp³-hybridized carbons (Fsp3) is 0.294. The van der Waals surface area contributed by atoms with Gasteiger partial charge in [-0.3, -0.25) is 15.6 Å². The van der Waals surface area contributed by atoms with E-state index in [1.54, 1.807) is 0 Å². The number of nitrogens with one attached hydrogen (secondary N) is 3. The van der Waals surface area contributed by atoms with Crippen molar-refractivity contribution in [1.29, 1.82) is 0 Å². The van der Waals surface area contributed by atoms with Crippen molar-refractivity contribution in [3.8, 4) is 0 Å². The van der Waals surface area contributed by atoms with E-state index in [2.05, 4.69) is 23.1 Å². The van der Waals surface area contributed by atoms with Crippen LogP contribution in [0.1, 0.15) is 38.2 Å². The molecule has 3 N–H and O–H groups in total. The largest absolute Gasteiger partial charge is 0.330 e. The van der Waals surface area contributed by atoms with Gasteiger partial charge in [-0.15, -0.1) is 11.3 Å². The van der Waals surface area contributed by atoms with Crippen molar-refractivity contribution in [2.24, 2.45) is 0 Å². The topological polar surface area (TPSA) is 53.2 Å². The van der Waals surface area contributed by atoms with Crippen LogP contribution in [0.25, 0.3) is 0 Å². The number of amides is 1. The van der Waals surface area contributed by atoms with E-state index >= 15 is 0 Å². The van der Waals surface area contributed by atoms with Crippen LogP contribution in [0, 0.1) is 20.8 Å². The normalized spacial score (nSPS) is 10.4. The molecular formula is C17H20ClN3OS2. The Morgan fingerprint density at radius 3 is 2.46 bits per heavy atom. The Balaban J connectivity index is 1.97. The van der Waals surface area contributed by atoms with Crippen molar-refractivity contribution >= 4 is 51.9 Å². The van der Waals surface area contributed by atoms with Crippen LogP contribution < -0.4 is 16.2 Å². The van der Waals surface area contributed by atoms with Gasteiger partial charge in [-0.25, -0.2) is 0 Å². The molecule has 4 nitrogen and oxygen atoms in total. The number of rotatable bonds is 3. The van der Waals surface area contributed by atoms with Gasteiger partial charge in [0.2, 0.25) is 0 Å². The zero-order valence-corrected chi connectivity index (χ0v) is 16.4. The molecule has 0 fully saturated rings. The number of thiophene rings is 1. The van der Waals surface area contributed by atoms with Crippen LogP contribution in [-0.4, -0.2) is 11.0 Å². The number of carbonyl (C=O) groups is 1. The number of anilines is 1. The quantitative estimate of drug-likeness (QED) is 0.540. The van der Waals surface area contributed by atoms with Gasteiger partial charge in [0.05, 0.1) is 15.6 Å². The molecule has 0 atom stereocenters. The molecule has 0 saturated heterocycles. The minimum Gasteiger partial charge on any atom is -0.330 e. The minimum absolute atomic E-state index is 0.210. The lowest BCUT2D eigenvalue weighted by molar-refractivity contribution is 0.0948. The van der Waals surface area contributed by atoms with Gasteiger partial charge in [0.25, 0.3) is 5.91 Å². The summed E-state index contributed by atoms with van der Waals surface area (Å²) in [6.45, 7) is 8.01. The van der Waals surface area contributed by atoms with Crippen LogP contribution in [0.3, 0.4) is 0 Å². The van der Waals surface area contributed by atoms with Crippen molar-refractivity contribution in [3.63, 3.8) is 0 Å². The van der Waals surface area contributed by atoms with Crippen LogP contribution in [-0.2, 0) is 6.42 Å². The van der Waals surface area contributed by atoms with Gasteiger partial charge in [-0.05, 0) is 68.2 Å². The van der Waals surface area contributed by atoms with E-state index in [-0.39, 0.29) is 11.0 Å². The highest BCUT2D eigenvalue weighted by molar-refractivity contribution is 7.80. The maximum absolute atomic E-state index is 12.2. The number of hydrazine groups is 1. The molecule has 0 spiro atoms. The highest BCUT2D eigenvalue weighted by atomic mass is 35.5. The number of benzene rings is 1. The zero-order chi connectivity index (χ0) is 17.9. The summed E-state index contributed by atoms with van der Waals surface area (Å²) in [6.07, 6.45) is 0.919. The van der Waals surface area contributed by atoms with E-state index < -0.39 is 0 Å². The summed E-state index contributed by atoms with van der Waals surface area (Å²) in [5.41, 5.74) is 9.25. The fourth-order valence-electron chi connectivity index (χ4n) is 2.38. The second kappa shape index (κ2) is 7.96. The summed E-state index contributed by atoms with van der Waals surface area (Å²) >= 11 is 12.9. The van der Waals surface area contributed by atoms with Crippen LogP contribution >= 0.6 is 35.2 Å².